The fourth-order valence-electron chi connectivity index (χ4n) is 2.19. The predicted molar refractivity (Wildman–Crippen MR) is 80.0 cm³/mol. The summed E-state index contributed by atoms with van der Waals surface area (Å²) in [6.45, 7) is 0. The van der Waals surface area contributed by atoms with Gasteiger partial charge in [-0.05, 0) is 48.6 Å². The number of benzene rings is 1. The standard InChI is InChI=1S/C13H12N2S2/c14-8-5-6-12-11(7-8)9-3-1-2-4-10(9)13(16)17-15-12/h2,4-7,15H,1,3,14H2. The Hall–Kier alpha value is -1.26. The second-order valence-electron chi connectivity index (χ2n) is 4.13. The van der Waals surface area contributed by atoms with E-state index in [0.717, 1.165) is 28.4 Å². The molecule has 2 nitrogen and oxygen atoms in total. The Morgan fingerprint density at radius 2 is 2.24 bits per heavy atom. The summed E-state index contributed by atoms with van der Waals surface area (Å²) in [6.07, 6.45) is 6.42. The molecule has 0 aromatic heterocycles. The number of hydrogen-bond acceptors (Lipinski definition) is 4. The average molecular weight is 260 g/mol. The lowest BCUT2D eigenvalue weighted by Gasteiger charge is -2.15. The third kappa shape index (κ3) is 1.87. The van der Waals surface area contributed by atoms with Crippen LogP contribution in [0.2, 0.25) is 0 Å². The number of anilines is 2. The molecule has 86 valence electrons. The van der Waals surface area contributed by atoms with Crippen molar-refractivity contribution in [3.8, 4) is 0 Å². The van der Waals surface area contributed by atoms with Crippen LogP contribution < -0.4 is 10.5 Å². The fourth-order valence-corrected chi connectivity index (χ4v) is 3.19. The lowest BCUT2D eigenvalue weighted by atomic mass is 9.91. The summed E-state index contributed by atoms with van der Waals surface area (Å²) in [5, 5.41) is 0. The van der Waals surface area contributed by atoms with Crippen LogP contribution in [0.25, 0.3) is 5.57 Å². The Morgan fingerprint density at radius 1 is 1.35 bits per heavy atom. The second kappa shape index (κ2) is 4.20. The molecule has 0 amide bonds. The molecule has 1 aliphatic carbocycles. The van der Waals surface area contributed by atoms with Gasteiger partial charge in [-0.2, -0.15) is 0 Å². The maximum Gasteiger partial charge on any atom is 0.0989 e. The third-order valence-electron chi connectivity index (χ3n) is 3.01. The summed E-state index contributed by atoms with van der Waals surface area (Å²) in [5.41, 5.74) is 11.5. The molecule has 1 aromatic rings. The first-order valence-corrected chi connectivity index (χ1v) is 6.75. The molecular weight excluding hydrogens is 248 g/mol. The van der Waals surface area contributed by atoms with Crippen LogP contribution in [0.3, 0.4) is 0 Å². The largest absolute Gasteiger partial charge is 0.399 e. The van der Waals surface area contributed by atoms with Crippen molar-refractivity contribution in [3.63, 3.8) is 0 Å². The Kier molecular flexibility index (Phi) is 2.68. The van der Waals surface area contributed by atoms with Crippen LogP contribution in [0.5, 0.6) is 0 Å². The molecule has 3 rings (SSSR count). The molecule has 0 bridgehead atoms. The summed E-state index contributed by atoms with van der Waals surface area (Å²) in [5.74, 6) is 0. The molecule has 0 saturated carbocycles. The van der Waals surface area contributed by atoms with Gasteiger partial charge in [-0.15, -0.1) is 0 Å². The Bertz CT molecular complexity index is 559. The van der Waals surface area contributed by atoms with E-state index >= 15 is 0 Å². The quantitative estimate of drug-likeness (QED) is 0.423. The van der Waals surface area contributed by atoms with E-state index < -0.39 is 0 Å². The molecule has 2 aliphatic rings. The molecule has 1 heterocycles. The van der Waals surface area contributed by atoms with E-state index in [1.54, 1.807) is 0 Å². The molecule has 17 heavy (non-hydrogen) atoms. The van der Waals surface area contributed by atoms with Crippen molar-refractivity contribution in [2.75, 3.05) is 10.5 Å². The molecule has 1 aromatic carbocycles. The number of hydrogen-bond donors (Lipinski definition) is 2. The van der Waals surface area contributed by atoms with Crippen LogP contribution in [0.1, 0.15) is 18.4 Å². The van der Waals surface area contributed by atoms with Crippen LogP contribution in [-0.2, 0) is 0 Å². The van der Waals surface area contributed by atoms with Crippen molar-refractivity contribution in [1.29, 1.82) is 0 Å². The minimum absolute atomic E-state index is 0.796. The van der Waals surface area contributed by atoms with Crippen LogP contribution in [-0.4, -0.2) is 4.20 Å². The molecular formula is C13H12N2S2. The zero-order valence-electron chi connectivity index (χ0n) is 9.19. The van der Waals surface area contributed by atoms with Crippen molar-refractivity contribution in [1.82, 2.24) is 0 Å². The van der Waals surface area contributed by atoms with Gasteiger partial charge in [0, 0.05) is 16.8 Å². The monoisotopic (exact) mass is 260 g/mol. The number of allylic oxidation sites excluding steroid dienone is 3. The Balaban J connectivity index is 2.24. The van der Waals surface area contributed by atoms with Crippen molar-refractivity contribution in [3.05, 3.63) is 41.5 Å². The molecule has 0 unspecified atom stereocenters. The fraction of sp³-hybridized carbons (Fsp3) is 0.154. The first-order chi connectivity index (χ1) is 8.25. The van der Waals surface area contributed by atoms with Crippen LogP contribution in [0.15, 0.2) is 35.9 Å². The van der Waals surface area contributed by atoms with E-state index in [1.807, 2.05) is 18.2 Å². The Morgan fingerprint density at radius 3 is 3.12 bits per heavy atom. The highest BCUT2D eigenvalue weighted by molar-refractivity contribution is 8.24. The molecule has 0 atom stereocenters. The molecule has 3 N–H and O–H groups in total. The van der Waals surface area contributed by atoms with Gasteiger partial charge < -0.3 is 10.5 Å². The molecule has 0 fully saturated rings. The SMILES string of the molecule is Nc1ccc2c(c1)C1=C(C=CCC1)C(=S)SN2. The molecule has 0 saturated heterocycles. The molecule has 1 aliphatic heterocycles. The topological polar surface area (TPSA) is 38.0 Å². The van der Waals surface area contributed by atoms with Crippen molar-refractivity contribution in [2.24, 2.45) is 0 Å². The van der Waals surface area contributed by atoms with E-state index in [-0.39, 0.29) is 0 Å². The van der Waals surface area contributed by atoms with E-state index in [9.17, 15) is 0 Å². The van der Waals surface area contributed by atoms with Gasteiger partial charge in [0.25, 0.3) is 0 Å². The van der Waals surface area contributed by atoms with Gasteiger partial charge in [0.15, 0.2) is 0 Å². The Labute approximate surface area is 110 Å². The normalized spacial score (nSPS) is 18.2. The summed E-state index contributed by atoms with van der Waals surface area (Å²) >= 11 is 6.94. The number of thiocarbonyl (C=S) groups is 1. The summed E-state index contributed by atoms with van der Waals surface area (Å²) in [6, 6.07) is 5.97. The van der Waals surface area contributed by atoms with Crippen molar-refractivity contribution >= 4 is 45.3 Å². The second-order valence-corrected chi connectivity index (χ2v) is 5.61. The lowest BCUT2D eigenvalue weighted by molar-refractivity contribution is 1.05. The van der Waals surface area contributed by atoms with Gasteiger partial charge in [-0.25, -0.2) is 0 Å². The number of rotatable bonds is 0. The highest BCUT2D eigenvalue weighted by Gasteiger charge is 2.21. The third-order valence-corrected chi connectivity index (χ3v) is 4.21. The maximum absolute atomic E-state index is 5.88. The minimum Gasteiger partial charge on any atom is -0.399 e. The smallest absolute Gasteiger partial charge is 0.0989 e. The highest BCUT2D eigenvalue weighted by Crippen LogP contribution is 2.40. The van der Waals surface area contributed by atoms with Gasteiger partial charge in [0.2, 0.25) is 0 Å². The van der Waals surface area contributed by atoms with E-state index in [0.29, 0.717) is 0 Å². The van der Waals surface area contributed by atoms with Gasteiger partial charge in [0.05, 0.1) is 9.88 Å². The molecule has 0 radical (unpaired) electrons. The molecule has 0 spiro atoms. The zero-order chi connectivity index (χ0) is 11.8. The van der Waals surface area contributed by atoms with E-state index in [1.165, 1.54) is 28.7 Å². The highest BCUT2D eigenvalue weighted by atomic mass is 32.2. The van der Waals surface area contributed by atoms with Crippen LogP contribution >= 0.6 is 24.2 Å². The number of nitrogens with one attached hydrogen (secondary N) is 1. The van der Waals surface area contributed by atoms with E-state index in [2.05, 4.69) is 16.9 Å². The summed E-state index contributed by atoms with van der Waals surface area (Å²) in [7, 11) is 0. The van der Waals surface area contributed by atoms with Gasteiger partial charge in [0.1, 0.15) is 0 Å². The van der Waals surface area contributed by atoms with Crippen LogP contribution in [0, 0.1) is 0 Å². The maximum atomic E-state index is 5.88. The minimum atomic E-state index is 0.796. The van der Waals surface area contributed by atoms with Crippen molar-refractivity contribution < 1.29 is 0 Å². The number of fused-ring (bicyclic) bond motifs is 2. The predicted octanol–water partition coefficient (Wildman–Crippen LogP) is 3.77. The van der Waals surface area contributed by atoms with Gasteiger partial charge in [-0.3, -0.25) is 0 Å². The number of nitrogen functional groups attached to an aromatic ring is 1. The van der Waals surface area contributed by atoms with Crippen LogP contribution in [0.4, 0.5) is 11.4 Å². The summed E-state index contributed by atoms with van der Waals surface area (Å²) < 4.78 is 4.21. The first kappa shape index (κ1) is 10.9. The molecule has 4 heteroatoms. The lowest BCUT2D eigenvalue weighted by Crippen LogP contribution is -1.99. The average Bonchev–Trinajstić information content (AvgIpc) is 2.49. The summed E-state index contributed by atoms with van der Waals surface area (Å²) in [4.78, 5) is 0. The first-order valence-electron chi connectivity index (χ1n) is 5.52. The zero-order valence-corrected chi connectivity index (χ0v) is 10.8. The van der Waals surface area contributed by atoms with Gasteiger partial charge in [-0.1, -0.05) is 24.4 Å². The van der Waals surface area contributed by atoms with Crippen molar-refractivity contribution in [2.45, 2.75) is 12.8 Å². The van der Waals surface area contributed by atoms with E-state index in [4.69, 9.17) is 18.0 Å². The van der Waals surface area contributed by atoms with Gasteiger partial charge >= 0.3 is 0 Å². The number of nitrogens with two attached hydrogens (primary N) is 1.